The van der Waals surface area contributed by atoms with Crippen LogP contribution in [0.15, 0.2) is 24.3 Å². The lowest BCUT2D eigenvalue weighted by Gasteiger charge is -2.40. The molecule has 0 unspecified atom stereocenters. The highest BCUT2D eigenvalue weighted by atomic mass is 16.5. The van der Waals surface area contributed by atoms with Gasteiger partial charge in [0.15, 0.2) is 0 Å². The molecule has 0 radical (unpaired) electrons. The Morgan fingerprint density at radius 2 is 2.11 bits per heavy atom. The van der Waals surface area contributed by atoms with Crippen LogP contribution in [0.3, 0.4) is 0 Å². The molecule has 0 saturated heterocycles. The molecule has 1 N–H and O–H groups in total. The zero-order valence-corrected chi connectivity index (χ0v) is 10.9. The largest absolute Gasteiger partial charge is 0.495 e. The highest BCUT2D eigenvalue weighted by molar-refractivity contribution is 5.86. The third-order valence-corrected chi connectivity index (χ3v) is 3.35. The molecule has 0 aliphatic heterocycles. The molecule has 1 saturated carbocycles. The number of para-hydroxylation sites is 2. The summed E-state index contributed by atoms with van der Waals surface area (Å²) in [4.78, 5) is 12.0. The number of hydrogen-bond donors (Lipinski definition) is 1. The number of carbonyl (C=O) groups is 1. The van der Waals surface area contributed by atoms with Gasteiger partial charge in [0.25, 0.3) is 0 Å². The van der Waals surface area contributed by atoms with Crippen molar-refractivity contribution in [2.24, 2.45) is 0 Å². The van der Waals surface area contributed by atoms with E-state index in [4.69, 9.17) is 9.47 Å². The van der Waals surface area contributed by atoms with Gasteiger partial charge in [-0.2, -0.15) is 0 Å². The summed E-state index contributed by atoms with van der Waals surface area (Å²) in [6, 6.07) is 7.61. The summed E-state index contributed by atoms with van der Waals surface area (Å²) in [6.45, 7) is 2.24. The van der Waals surface area contributed by atoms with E-state index in [0.29, 0.717) is 6.61 Å². The van der Waals surface area contributed by atoms with Gasteiger partial charge in [-0.1, -0.05) is 12.1 Å². The number of methoxy groups -OCH3 is 1. The van der Waals surface area contributed by atoms with E-state index in [1.165, 1.54) is 0 Å². The first-order valence-corrected chi connectivity index (χ1v) is 6.30. The predicted molar refractivity (Wildman–Crippen MR) is 69.8 cm³/mol. The zero-order chi connectivity index (χ0) is 13.0. The monoisotopic (exact) mass is 249 g/mol. The normalized spacial score (nSPS) is 16.6. The molecule has 18 heavy (non-hydrogen) atoms. The lowest BCUT2D eigenvalue weighted by molar-refractivity contribution is -0.151. The Labute approximate surface area is 107 Å². The van der Waals surface area contributed by atoms with Crippen LogP contribution in [0.4, 0.5) is 5.69 Å². The number of ether oxygens (including phenoxy) is 2. The van der Waals surface area contributed by atoms with E-state index in [9.17, 15) is 4.79 Å². The molecule has 1 aromatic carbocycles. The summed E-state index contributed by atoms with van der Waals surface area (Å²) in [5.41, 5.74) is 0.276. The molecule has 2 rings (SSSR count). The Bertz CT molecular complexity index is 427. The number of carbonyl (C=O) groups excluding carboxylic acids is 1. The topological polar surface area (TPSA) is 47.6 Å². The molecular weight excluding hydrogens is 230 g/mol. The lowest BCUT2D eigenvalue weighted by atomic mass is 9.76. The molecule has 1 aliphatic carbocycles. The van der Waals surface area contributed by atoms with E-state index >= 15 is 0 Å². The van der Waals surface area contributed by atoms with Crippen LogP contribution in [0.5, 0.6) is 5.75 Å². The van der Waals surface area contributed by atoms with Crippen molar-refractivity contribution in [3.8, 4) is 5.75 Å². The van der Waals surface area contributed by atoms with Crippen molar-refractivity contribution in [2.75, 3.05) is 19.0 Å². The SMILES string of the molecule is CCOC(=O)C1(Nc2ccccc2OC)CCC1. The maximum atomic E-state index is 12.0. The van der Waals surface area contributed by atoms with Gasteiger partial charge in [0, 0.05) is 0 Å². The molecule has 0 heterocycles. The predicted octanol–water partition coefficient (Wildman–Crippen LogP) is 2.59. The number of benzene rings is 1. The Kier molecular flexibility index (Phi) is 3.75. The molecule has 1 aromatic rings. The minimum Gasteiger partial charge on any atom is -0.495 e. The molecule has 1 fully saturated rings. The molecule has 4 nitrogen and oxygen atoms in total. The molecule has 0 aromatic heterocycles. The Morgan fingerprint density at radius 1 is 1.39 bits per heavy atom. The fourth-order valence-electron chi connectivity index (χ4n) is 2.19. The average Bonchev–Trinajstić information content (AvgIpc) is 2.34. The number of anilines is 1. The fourth-order valence-corrected chi connectivity index (χ4v) is 2.19. The van der Waals surface area contributed by atoms with Crippen LogP contribution >= 0.6 is 0 Å². The molecule has 0 spiro atoms. The average molecular weight is 249 g/mol. The number of rotatable bonds is 5. The second-order valence-corrected chi connectivity index (χ2v) is 4.48. The van der Waals surface area contributed by atoms with Gasteiger partial charge in [-0.25, -0.2) is 4.79 Å². The highest BCUT2D eigenvalue weighted by Gasteiger charge is 2.46. The van der Waals surface area contributed by atoms with Crippen molar-refractivity contribution < 1.29 is 14.3 Å². The third kappa shape index (κ3) is 2.28. The van der Waals surface area contributed by atoms with Crippen LogP contribution in [0.25, 0.3) is 0 Å². The Balaban J connectivity index is 2.17. The van der Waals surface area contributed by atoms with Crippen LogP contribution in [0.2, 0.25) is 0 Å². The first kappa shape index (κ1) is 12.7. The molecule has 1 aliphatic rings. The van der Waals surface area contributed by atoms with E-state index in [0.717, 1.165) is 30.7 Å². The molecule has 98 valence electrons. The zero-order valence-electron chi connectivity index (χ0n) is 10.9. The summed E-state index contributed by atoms with van der Waals surface area (Å²) < 4.78 is 10.4. The Hall–Kier alpha value is -1.71. The van der Waals surface area contributed by atoms with Crippen LogP contribution in [0, 0.1) is 0 Å². The summed E-state index contributed by atoms with van der Waals surface area (Å²) >= 11 is 0. The van der Waals surface area contributed by atoms with Crippen molar-refractivity contribution >= 4 is 11.7 Å². The summed E-state index contributed by atoms with van der Waals surface area (Å²) in [5.74, 6) is 0.579. The summed E-state index contributed by atoms with van der Waals surface area (Å²) in [5, 5.41) is 3.30. The standard InChI is InChI=1S/C14H19NO3/c1-3-18-13(16)14(9-6-10-14)15-11-7-4-5-8-12(11)17-2/h4-5,7-8,15H,3,6,9-10H2,1-2H3. The molecule has 0 atom stereocenters. The van der Waals surface area contributed by atoms with Gasteiger partial charge in [0.2, 0.25) is 0 Å². The maximum absolute atomic E-state index is 12.0. The van der Waals surface area contributed by atoms with Crippen molar-refractivity contribution in [3.05, 3.63) is 24.3 Å². The quantitative estimate of drug-likeness (QED) is 0.815. The molecule has 0 amide bonds. The van der Waals surface area contributed by atoms with E-state index in [2.05, 4.69) is 5.32 Å². The smallest absolute Gasteiger partial charge is 0.331 e. The van der Waals surface area contributed by atoms with E-state index in [1.807, 2.05) is 31.2 Å². The van der Waals surface area contributed by atoms with E-state index < -0.39 is 5.54 Å². The van der Waals surface area contributed by atoms with Gasteiger partial charge >= 0.3 is 5.97 Å². The highest BCUT2D eigenvalue weighted by Crippen LogP contribution is 2.38. The van der Waals surface area contributed by atoms with Gasteiger partial charge in [0.1, 0.15) is 11.3 Å². The number of nitrogens with one attached hydrogen (secondary N) is 1. The van der Waals surface area contributed by atoms with Crippen LogP contribution in [-0.2, 0) is 9.53 Å². The lowest BCUT2D eigenvalue weighted by Crippen LogP contribution is -2.53. The van der Waals surface area contributed by atoms with Crippen molar-refractivity contribution in [3.63, 3.8) is 0 Å². The third-order valence-electron chi connectivity index (χ3n) is 3.35. The van der Waals surface area contributed by atoms with Crippen molar-refractivity contribution in [1.29, 1.82) is 0 Å². The molecule has 0 bridgehead atoms. The van der Waals surface area contributed by atoms with Crippen LogP contribution < -0.4 is 10.1 Å². The minimum atomic E-state index is -0.565. The minimum absolute atomic E-state index is 0.165. The number of esters is 1. The van der Waals surface area contributed by atoms with Gasteiger partial charge in [0.05, 0.1) is 19.4 Å². The molecular formula is C14H19NO3. The van der Waals surface area contributed by atoms with Crippen LogP contribution in [-0.4, -0.2) is 25.2 Å². The van der Waals surface area contributed by atoms with Gasteiger partial charge in [-0.05, 0) is 38.3 Å². The second kappa shape index (κ2) is 5.29. The first-order valence-electron chi connectivity index (χ1n) is 6.30. The van der Waals surface area contributed by atoms with Crippen LogP contribution in [0.1, 0.15) is 26.2 Å². The number of hydrogen-bond acceptors (Lipinski definition) is 4. The van der Waals surface area contributed by atoms with E-state index in [-0.39, 0.29) is 5.97 Å². The molecule has 4 heteroatoms. The summed E-state index contributed by atoms with van der Waals surface area (Å²) in [7, 11) is 1.62. The Morgan fingerprint density at radius 3 is 2.67 bits per heavy atom. The van der Waals surface area contributed by atoms with Crippen molar-refractivity contribution in [1.82, 2.24) is 0 Å². The maximum Gasteiger partial charge on any atom is 0.331 e. The van der Waals surface area contributed by atoms with Gasteiger partial charge in [-0.15, -0.1) is 0 Å². The summed E-state index contributed by atoms with van der Waals surface area (Å²) in [6.07, 6.45) is 2.66. The fraction of sp³-hybridized carbons (Fsp3) is 0.500. The second-order valence-electron chi connectivity index (χ2n) is 4.48. The van der Waals surface area contributed by atoms with Crippen molar-refractivity contribution in [2.45, 2.75) is 31.7 Å². The first-order chi connectivity index (χ1) is 8.72. The van der Waals surface area contributed by atoms with Gasteiger partial charge < -0.3 is 14.8 Å². The van der Waals surface area contributed by atoms with Gasteiger partial charge in [-0.3, -0.25) is 0 Å². The van der Waals surface area contributed by atoms with E-state index in [1.54, 1.807) is 7.11 Å².